The molecule has 2 rings (SSSR count). The number of rotatable bonds is 6. The predicted molar refractivity (Wildman–Crippen MR) is 102 cm³/mol. The number of aromatic hydroxyl groups is 1. The van der Waals surface area contributed by atoms with Crippen LogP contribution in [0.1, 0.15) is 30.5 Å². The van der Waals surface area contributed by atoms with Gasteiger partial charge in [-0.1, -0.05) is 13.8 Å². The quantitative estimate of drug-likeness (QED) is 0.732. The Kier molecular flexibility index (Phi) is 6.15. The van der Waals surface area contributed by atoms with Gasteiger partial charge in [0.15, 0.2) is 0 Å². The van der Waals surface area contributed by atoms with Crippen LogP contribution in [-0.4, -0.2) is 42.1 Å². The first kappa shape index (κ1) is 20.4. The molecule has 0 aliphatic heterocycles. The summed E-state index contributed by atoms with van der Waals surface area (Å²) in [4.78, 5) is 18.2. The van der Waals surface area contributed by atoms with Gasteiger partial charge in [-0.05, 0) is 36.8 Å². The Hall–Kier alpha value is -2.96. The second-order valence-electron chi connectivity index (χ2n) is 5.67. The van der Waals surface area contributed by atoms with Crippen molar-refractivity contribution in [3.63, 3.8) is 0 Å². The molecule has 0 bridgehead atoms. The van der Waals surface area contributed by atoms with Crippen LogP contribution in [-0.2, 0) is 10.0 Å². The van der Waals surface area contributed by atoms with E-state index in [2.05, 4.69) is 9.98 Å². The minimum atomic E-state index is -3.55. The maximum absolute atomic E-state index is 12.5. The van der Waals surface area contributed by atoms with Crippen molar-refractivity contribution >= 4 is 21.9 Å². The van der Waals surface area contributed by atoms with Crippen molar-refractivity contribution in [3.8, 4) is 11.9 Å². The Balaban J connectivity index is 2.36. The van der Waals surface area contributed by atoms with Crippen LogP contribution >= 0.6 is 0 Å². The summed E-state index contributed by atoms with van der Waals surface area (Å²) >= 11 is 0. The number of nitrogens with zero attached hydrogens (tertiary/aromatic N) is 3. The van der Waals surface area contributed by atoms with Crippen molar-refractivity contribution in [1.29, 1.82) is 5.26 Å². The molecule has 0 saturated carbocycles. The Morgan fingerprint density at radius 2 is 1.85 bits per heavy atom. The third-order valence-corrected chi connectivity index (χ3v) is 6.19. The van der Waals surface area contributed by atoms with Gasteiger partial charge in [0.2, 0.25) is 15.9 Å². The molecule has 0 saturated heterocycles. The van der Waals surface area contributed by atoms with Gasteiger partial charge in [-0.25, -0.2) is 8.42 Å². The first-order valence-corrected chi connectivity index (χ1v) is 9.70. The van der Waals surface area contributed by atoms with Gasteiger partial charge in [-0.15, -0.1) is 0 Å². The van der Waals surface area contributed by atoms with Gasteiger partial charge >= 0.3 is 0 Å². The average molecular weight is 388 g/mol. The van der Waals surface area contributed by atoms with E-state index in [9.17, 15) is 18.3 Å². The summed E-state index contributed by atoms with van der Waals surface area (Å²) < 4.78 is 26.3. The van der Waals surface area contributed by atoms with E-state index in [1.807, 2.05) is 0 Å². The van der Waals surface area contributed by atoms with Gasteiger partial charge in [0.1, 0.15) is 11.6 Å². The Labute approximate surface area is 157 Å². The molecule has 2 N–H and O–H groups in total. The highest BCUT2D eigenvalue weighted by Crippen LogP contribution is 2.21. The molecule has 0 spiro atoms. The van der Waals surface area contributed by atoms with Crippen molar-refractivity contribution in [2.24, 2.45) is 4.99 Å². The standard InChI is InChI=1S/C18H20N4O4S/c1-4-22(5-2)27(25,26)14-8-6-13(7-9-14)20-11-16-12(3)15(10-19)17(23)21-18(16)24/h6-9,11H,4-5H2,1-3H3,(H2,21,23,24). The molecule has 2 aromatic rings. The molecule has 8 nitrogen and oxygen atoms in total. The largest absolute Gasteiger partial charge is 0.494 e. The van der Waals surface area contributed by atoms with E-state index in [4.69, 9.17) is 5.26 Å². The monoisotopic (exact) mass is 388 g/mol. The zero-order valence-electron chi connectivity index (χ0n) is 15.2. The summed E-state index contributed by atoms with van der Waals surface area (Å²) in [6.45, 7) is 5.84. The molecule has 9 heteroatoms. The molecule has 0 unspecified atom stereocenters. The number of hydrogen-bond donors (Lipinski definition) is 2. The van der Waals surface area contributed by atoms with Crippen molar-refractivity contribution in [2.75, 3.05) is 13.1 Å². The Morgan fingerprint density at radius 1 is 1.26 bits per heavy atom. The lowest BCUT2D eigenvalue weighted by molar-refractivity contribution is 0.445. The number of hydrogen-bond acceptors (Lipinski definition) is 6. The highest BCUT2D eigenvalue weighted by Gasteiger charge is 2.21. The maximum Gasteiger partial charge on any atom is 0.268 e. The number of H-pyrrole nitrogens is 1. The second kappa shape index (κ2) is 8.16. The van der Waals surface area contributed by atoms with E-state index >= 15 is 0 Å². The molecule has 0 radical (unpaired) electrons. The van der Waals surface area contributed by atoms with Crippen molar-refractivity contribution in [2.45, 2.75) is 25.7 Å². The number of aromatic nitrogens is 1. The van der Waals surface area contributed by atoms with Gasteiger partial charge in [0, 0.05) is 19.3 Å². The Morgan fingerprint density at radius 3 is 2.37 bits per heavy atom. The smallest absolute Gasteiger partial charge is 0.268 e. The molecule has 0 atom stereocenters. The van der Waals surface area contributed by atoms with Crippen LogP contribution in [0.15, 0.2) is 38.9 Å². The third-order valence-electron chi connectivity index (χ3n) is 4.13. The Bertz CT molecular complexity index is 1060. The zero-order valence-corrected chi connectivity index (χ0v) is 16.0. The molecule has 1 heterocycles. The molecule has 142 valence electrons. The summed E-state index contributed by atoms with van der Waals surface area (Å²) in [5.74, 6) is -0.388. The highest BCUT2D eigenvalue weighted by atomic mass is 32.2. The highest BCUT2D eigenvalue weighted by molar-refractivity contribution is 7.89. The lowest BCUT2D eigenvalue weighted by atomic mass is 10.1. The van der Waals surface area contributed by atoms with E-state index < -0.39 is 15.6 Å². The molecule has 0 aliphatic rings. The summed E-state index contributed by atoms with van der Waals surface area (Å²) in [7, 11) is -3.55. The molecule has 0 aliphatic carbocycles. The summed E-state index contributed by atoms with van der Waals surface area (Å²) in [6.07, 6.45) is 1.31. The predicted octanol–water partition coefficient (Wildman–Crippen LogP) is 2.04. The fourth-order valence-electron chi connectivity index (χ4n) is 2.57. The van der Waals surface area contributed by atoms with Crippen LogP contribution in [0.4, 0.5) is 5.69 Å². The summed E-state index contributed by atoms with van der Waals surface area (Å²) in [5.41, 5.74) is 0.205. The summed E-state index contributed by atoms with van der Waals surface area (Å²) in [5, 5.41) is 18.9. The summed E-state index contributed by atoms with van der Waals surface area (Å²) in [6, 6.07) is 7.78. The van der Waals surface area contributed by atoms with Crippen LogP contribution in [0, 0.1) is 18.3 Å². The molecular weight excluding hydrogens is 368 g/mol. The van der Waals surface area contributed by atoms with E-state index in [0.29, 0.717) is 24.3 Å². The number of aromatic amines is 1. The fraction of sp³-hybridized carbons (Fsp3) is 0.278. The molecule has 0 fully saturated rings. The number of pyridine rings is 1. The van der Waals surface area contributed by atoms with Crippen LogP contribution in [0.3, 0.4) is 0 Å². The molecule has 27 heavy (non-hydrogen) atoms. The second-order valence-corrected chi connectivity index (χ2v) is 7.61. The lowest BCUT2D eigenvalue weighted by Gasteiger charge is -2.18. The van der Waals surface area contributed by atoms with Crippen LogP contribution in [0.25, 0.3) is 0 Å². The normalized spacial score (nSPS) is 11.8. The third kappa shape index (κ3) is 4.07. The van der Waals surface area contributed by atoms with E-state index in [-0.39, 0.29) is 21.9 Å². The van der Waals surface area contributed by atoms with E-state index in [1.165, 1.54) is 41.7 Å². The van der Waals surface area contributed by atoms with E-state index in [1.54, 1.807) is 19.9 Å². The van der Waals surface area contributed by atoms with Gasteiger partial charge < -0.3 is 5.11 Å². The minimum Gasteiger partial charge on any atom is -0.494 e. The van der Waals surface area contributed by atoms with Gasteiger partial charge in [0.25, 0.3) is 5.56 Å². The molecule has 0 amide bonds. The van der Waals surface area contributed by atoms with Gasteiger partial charge in [-0.3, -0.25) is 14.8 Å². The SMILES string of the molecule is CCN(CC)S(=O)(=O)c1ccc(N=Cc2c(O)[nH]c(=O)c(C#N)c2C)cc1. The minimum absolute atomic E-state index is 0.102. The van der Waals surface area contributed by atoms with Crippen molar-refractivity contribution in [1.82, 2.24) is 9.29 Å². The first-order valence-electron chi connectivity index (χ1n) is 8.26. The number of nitriles is 1. The topological polar surface area (TPSA) is 127 Å². The number of sulfonamides is 1. The maximum atomic E-state index is 12.5. The van der Waals surface area contributed by atoms with Crippen molar-refractivity contribution < 1.29 is 13.5 Å². The zero-order chi connectivity index (χ0) is 20.2. The fourth-order valence-corrected chi connectivity index (χ4v) is 4.03. The number of aliphatic imine (C=N–C) groups is 1. The van der Waals surface area contributed by atoms with Crippen molar-refractivity contribution in [3.05, 3.63) is 51.3 Å². The average Bonchev–Trinajstić information content (AvgIpc) is 2.62. The van der Waals surface area contributed by atoms with Crippen LogP contribution in [0.5, 0.6) is 5.88 Å². The molecule has 1 aromatic heterocycles. The molecular formula is C18H20N4O4S. The van der Waals surface area contributed by atoms with Gasteiger partial charge in [0.05, 0.1) is 16.1 Å². The first-order chi connectivity index (χ1) is 12.8. The van der Waals surface area contributed by atoms with Crippen LogP contribution in [0.2, 0.25) is 0 Å². The lowest BCUT2D eigenvalue weighted by Crippen LogP contribution is -2.30. The van der Waals surface area contributed by atoms with Crippen LogP contribution < -0.4 is 5.56 Å². The number of benzene rings is 1. The number of nitrogens with one attached hydrogen (secondary N) is 1. The molecule has 1 aromatic carbocycles. The van der Waals surface area contributed by atoms with Gasteiger partial charge in [-0.2, -0.15) is 9.57 Å². The van der Waals surface area contributed by atoms with E-state index in [0.717, 1.165) is 0 Å².